The van der Waals surface area contributed by atoms with Crippen LogP contribution >= 0.6 is 38.9 Å². The number of halogens is 2. The van der Waals surface area contributed by atoms with E-state index in [-0.39, 0.29) is 5.91 Å². The first-order valence-electron chi connectivity index (χ1n) is 6.63. The highest BCUT2D eigenvalue weighted by atomic mass is 79.9. The lowest BCUT2D eigenvalue weighted by molar-refractivity contribution is -0.116. The molecule has 0 saturated heterocycles. The molecule has 0 spiro atoms. The van der Waals surface area contributed by atoms with E-state index < -0.39 is 0 Å². The standard InChI is InChI=1S/C14H15BrClN3O2S/c1-8-6-10(12(15)9(2)13(8)16)21-5-3-4-11(20)18-14-19-17-7-22-14/h6-7H,3-5H2,1-2H3,(H,18,19,20). The van der Waals surface area contributed by atoms with Gasteiger partial charge in [0.15, 0.2) is 0 Å². The fourth-order valence-corrected chi connectivity index (χ4v) is 2.98. The number of hydrogen-bond acceptors (Lipinski definition) is 5. The molecule has 1 N–H and O–H groups in total. The van der Waals surface area contributed by atoms with Gasteiger partial charge >= 0.3 is 0 Å². The monoisotopic (exact) mass is 403 g/mol. The number of aromatic nitrogens is 2. The van der Waals surface area contributed by atoms with Gasteiger partial charge in [0.05, 0.1) is 11.1 Å². The molecule has 0 radical (unpaired) electrons. The number of carbonyl (C=O) groups excluding carboxylic acids is 1. The third-order valence-electron chi connectivity index (χ3n) is 2.98. The highest BCUT2D eigenvalue weighted by molar-refractivity contribution is 9.10. The van der Waals surface area contributed by atoms with Crippen LogP contribution in [0.3, 0.4) is 0 Å². The summed E-state index contributed by atoms with van der Waals surface area (Å²) in [4.78, 5) is 11.7. The first kappa shape index (κ1) is 17.2. The van der Waals surface area contributed by atoms with Crippen molar-refractivity contribution >= 4 is 49.9 Å². The number of amides is 1. The number of carbonyl (C=O) groups is 1. The second-order valence-corrected chi connectivity index (χ2v) is 6.69. The van der Waals surface area contributed by atoms with Crippen LogP contribution in [0.15, 0.2) is 16.0 Å². The van der Waals surface area contributed by atoms with Gasteiger partial charge in [-0.15, -0.1) is 10.2 Å². The average molecular weight is 405 g/mol. The first-order chi connectivity index (χ1) is 10.5. The van der Waals surface area contributed by atoms with Gasteiger partial charge in [0.2, 0.25) is 11.0 Å². The fraction of sp³-hybridized carbons (Fsp3) is 0.357. The van der Waals surface area contributed by atoms with Gasteiger partial charge in [-0.3, -0.25) is 4.79 Å². The summed E-state index contributed by atoms with van der Waals surface area (Å²) in [6.45, 7) is 4.31. The van der Waals surface area contributed by atoms with Crippen LogP contribution in [0, 0.1) is 13.8 Å². The van der Waals surface area contributed by atoms with Crippen molar-refractivity contribution < 1.29 is 9.53 Å². The maximum atomic E-state index is 11.7. The molecule has 0 aliphatic heterocycles. The molecule has 118 valence electrons. The van der Waals surface area contributed by atoms with Gasteiger partial charge in [0, 0.05) is 11.4 Å². The van der Waals surface area contributed by atoms with Crippen LogP contribution in [-0.4, -0.2) is 22.7 Å². The van der Waals surface area contributed by atoms with Crippen molar-refractivity contribution in [3.05, 3.63) is 32.2 Å². The van der Waals surface area contributed by atoms with Crippen LogP contribution in [0.4, 0.5) is 5.13 Å². The van der Waals surface area contributed by atoms with Crippen LogP contribution in [0.1, 0.15) is 24.0 Å². The quantitative estimate of drug-likeness (QED) is 0.726. The van der Waals surface area contributed by atoms with E-state index in [4.69, 9.17) is 16.3 Å². The van der Waals surface area contributed by atoms with Crippen LogP contribution in [0.2, 0.25) is 5.02 Å². The van der Waals surface area contributed by atoms with E-state index in [9.17, 15) is 4.79 Å². The van der Waals surface area contributed by atoms with Crippen molar-refractivity contribution in [3.8, 4) is 5.75 Å². The SMILES string of the molecule is Cc1cc(OCCCC(=O)Nc2nncs2)c(Br)c(C)c1Cl. The minimum Gasteiger partial charge on any atom is -0.492 e. The van der Waals surface area contributed by atoms with Crippen LogP contribution < -0.4 is 10.1 Å². The molecule has 0 unspecified atom stereocenters. The van der Waals surface area contributed by atoms with Gasteiger partial charge in [-0.2, -0.15) is 0 Å². The molecule has 0 aliphatic rings. The minimum atomic E-state index is -0.0946. The molecular weight excluding hydrogens is 390 g/mol. The lowest BCUT2D eigenvalue weighted by Gasteiger charge is -2.13. The third kappa shape index (κ3) is 4.41. The lowest BCUT2D eigenvalue weighted by atomic mass is 10.1. The summed E-state index contributed by atoms with van der Waals surface area (Å²) in [6, 6.07) is 1.89. The maximum absolute atomic E-state index is 11.7. The molecule has 0 fully saturated rings. The first-order valence-corrected chi connectivity index (χ1v) is 8.68. The van der Waals surface area contributed by atoms with E-state index >= 15 is 0 Å². The molecule has 1 aromatic carbocycles. The molecule has 5 nitrogen and oxygen atoms in total. The Kier molecular flexibility index (Phi) is 6.16. The smallest absolute Gasteiger partial charge is 0.226 e. The van der Waals surface area contributed by atoms with Gasteiger partial charge in [-0.05, 0) is 53.4 Å². The zero-order chi connectivity index (χ0) is 16.1. The molecule has 1 amide bonds. The Morgan fingerprint density at radius 3 is 2.95 bits per heavy atom. The largest absolute Gasteiger partial charge is 0.492 e. The summed E-state index contributed by atoms with van der Waals surface area (Å²) in [5, 5.41) is 11.3. The van der Waals surface area contributed by atoms with Gasteiger partial charge < -0.3 is 10.1 Å². The normalized spacial score (nSPS) is 10.5. The molecule has 2 rings (SSSR count). The molecule has 22 heavy (non-hydrogen) atoms. The number of rotatable bonds is 6. The van der Waals surface area contributed by atoms with Gasteiger partial charge in [-0.25, -0.2) is 0 Å². The fourth-order valence-electron chi connectivity index (χ4n) is 1.83. The van der Waals surface area contributed by atoms with E-state index in [1.54, 1.807) is 5.51 Å². The van der Waals surface area contributed by atoms with Crippen molar-refractivity contribution in [2.24, 2.45) is 0 Å². The van der Waals surface area contributed by atoms with Crippen molar-refractivity contribution in [2.75, 3.05) is 11.9 Å². The lowest BCUT2D eigenvalue weighted by Crippen LogP contribution is -2.12. The summed E-state index contributed by atoms with van der Waals surface area (Å²) >= 11 is 11.0. The van der Waals surface area contributed by atoms with E-state index in [2.05, 4.69) is 31.4 Å². The summed E-state index contributed by atoms with van der Waals surface area (Å²) in [5.41, 5.74) is 3.48. The van der Waals surface area contributed by atoms with E-state index in [1.165, 1.54) is 11.3 Å². The summed E-state index contributed by atoms with van der Waals surface area (Å²) in [5.74, 6) is 0.645. The topological polar surface area (TPSA) is 64.1 Å². The second-order valence-electron chi connectivity index (χ2n) is 4.69. The van der Waals surface area contributed by atoms with Crippen molar-refractivity contribution in [1.29, 1.82) is 0 Å². The van der Waals surface area contributed by atoms with Gasteiger partial charge in [0.1, 0.15) is 11.3 Å². The van der Waals surface area contributed by atoms with E-state index in [0.29, 0.717) is 24.6 Å². The third-order valence-corrected chi connectivity index (χ3v) is 5.15. The molecule has 8 heteroatoms. The minimum absolute atomic E-state index is 0.0946. The van der Waals surface area contributed by atoms with Crippen LogP contribution in [-0.2, 0) is 4.79 Å². The second kappa shape index (κ2) is 7.89. The summed E-state index contributed by atoms with van der Waals surface area (Å²) < 4.78 is 6.58. The maximum Gasteiger partial charge on any atom is 0.226 e. The van der Waals surface area contributed by atoms with Crippen molar-refractivity contribution in [3.63, 3.8) is 0 Å². The highest BCUT2D eigenvalue weighted by Gasteiger charge is 2.11. The predicted octanol–water partition coefficient (Wildman–Crippen LogP) is 4.37. The van der Waals surface area contributed by atoms with Crippen LogP contribution in [0.25, 0.3) is 0 Å². The zero-order valence-corrected chi connectivity index (χ0v) is 15.3. The van der Waals surface area contributed by atoms with E-state index in [1.807, 2.05) is 19.9 Å². The number of hydrogen-bond donors (Lipinski definition) is 1. The number of nitrogens with zero attached hydrogens (tertiary/aromatic N) is 2. The Hall–Kier alpha value is -1.18. The number of aryl methyl sites for hydroxylation is 1. The summed E-state index contributed by atoms with van der Waals surface area (Å²) in [7, 11) is 0. The Balaban J connectivity index is 1.81. The van der Waals surface area contributed by atoms with Crippen molar-refractivity contribution in [1.82, 2.24) is 10.2 Å². The Bertz CT molecular complexity index is 665. The molecule has 1 aromatic heterocycles. The average Bonchev–Trinajstić information content (AvgIpc) is 2.99. The van der Waals surface area contributed by atoms with E-state index in [0.717, 1.165) is 26.4 Å². The van der Waals surface area contributed by atoms with Crippen molar-refractivity contribution in [2.45, 2.75) is 26.7 Å². The molecule has 2 aromatic rings. The molecule has 0 bridgehead atoms. The number of anilines is 1. The van der Waals surface area contributed by atoms with Crippen LogP contribution in [0.5, 0.6) is 5.75 Å². The zero-order valence-electron chi connectivity index (χ0n) is 12.2. The predicted molar refractivity (Wildman–Crippen MR) is 91.9 cm³/mol. The van der Waals surface area contributed by atoms with Gasteiger partial charge in [-0.1, -0.05) is 22.9 Å². The number of nitrogens with one attached hydrogen (secondary N) is 1. The Labute approximate surface area is 146 Å². The Morgan fingerprint density at radius 2 is 2.27 bits per heavy atom. The molecule has 0 saturated carbocycles. The number of benzene rings is 1. The number of ether oxygens (including phenoxy) is 1. The molecular formula is C14H15BrClN3O2S. The highest BCUT2D eigenvalue weighted by Crippen LogP contribution is 2.35. The Morgan fingerprint density at radius 1 is 1.50 bits per heavy atom. The molecule has 1 heterocycles. The molecule has 0 aliphatic carbocycles. The summed E-state index contributed by atoms with van der Waals surface area (Å²) in [6.07, 6.45) is 0.973. The van der Waals surface area contributed by atoms with Gasteiger partial charge in [0.25, 0.3) is 0 Å². The molecule has 0 atom stereocenters.